The van der Waals surface area contributed by atoms with Crippen LogP contribution < -0.4 is 5.32 Å². The Morgan fingerprint density at radius 3 is 2.65 bits per heavy atom. The molecule has 112 valence electrons. The summed E-state index contributed by atoms with van der Waals surface area (Å²) < 4.78 is 2.26. The molecule has 2 saturated carbocycles. The minimum Gasteiger partial charge on any atom is -0.317 e. The standard InChI is InChI=1S/C17H29N3/c1-2-18-13-15-9-8-14(15)12-16-10-11-20(19-16)17-6-4-3-5-7-17/h10-11,14-15,17-18H,2-9,12-13H2,1H3. The van der Waals surface area contributed by atoms with Gasteiger partial charge in [0, 0.05) is 6.20 Å². The Morgan fingerprint density at radius 2 is 1.95 bits per heavy atom. The summed E-state index contributed by atoms with van der Waals surface area (Å²) in [5.74, 6) is 1.75. The van der Waals surface area contributed by atoms with E-state index in [9.17, 15) is 0 Å². The molecule has 1 aromatic heterocycles. The summed E-state index contributed by atoms with van der Waals surface area (Å²) in [5.41, 5.74) is 1.32. The van der Waals surface area contributed by atoms with Crippen molar-refractivity contribution in [2.45, 2.75) is 64.3 Å². The lowest BCUT2D eigenvalue weighted by Gasteiger charge is -2.36. The van der Waals surface area contributed by atoms with Gasteiger partial charge in [-0.3, -0.25) is 4.68 Å². The van der Waals surface area contributed by atoms with Crippen LogP contribution in [0.25, 0.3) is 0 Å². The van der Waals surface area contributed by atoms with Crippen LogP contribution in [0, 0.1) is 11.8 Å². The summed E-state index contributed by atoms with van der Waals surface area (Å²) in [6.07, 6.45) is 13.0. The van der Waals surface area contributed by atoms with Crippen LogP contribution in [0.1, 0.15) is 63.6 Å². The lowest BCUT2D eigenvalue weighted by Crippen LogP contribution is -2.36. The zero-order chi connectivity index (χ0) is 13.8. The summed E-state index contributed by atoms with van der Waals surface area (Å²) in [7, 11) is 0. The van der Waals surface area contributed by atoms with E-state index in [0.717, 1.165) is 18.4 Å². The lowest BCUT2D eigenvalue weighted by molar-refractivity contribution is 0.170. The molecule has 3 nitrogen and oxygen atoms in total. The van der Waals surface area contributed by atoms with Crippen LogP contribution in [0.2, 0.25) is 0 Å². The number of hydrogen-bond donors (Lipinski definition) is 1. The molecule has 2 fully saturated rings. The van der Waals surface area contributed by atoms with Gasteiger partial charge in [-0.25, -0.2) is 0 Å². The molecule has 2 aliphatic carbocycles. The average Bonchev–Trinajstić information content (AvgIpc) is 2.94. The van der Waals surface area contributed by atoms with E-state index in [4.69, 9.17) is 5.10 Å². The Balaban J connectivity index is 1.52. The third kappa shape index (κ3) is 3.25. The normalized spacial score (nSPS) is 27.4. The topological polar surface area (TPSA) is 29.9 Å². The number of nitrogens with one attached hydrogen (secondary N) is 1. The highest BCUT2D eigenvalue weighted by Crippen LogP contribution is 2.36. The van der Waals surface area contributed by atoms with Crippen molar-refractivity contribution in [2.75, 3.05) is 13.1 Å². The Labute approximate surface area is 123 Å². The average molecular weight is 275 g/mol. The molecule has 0 amide bonds. The predicted octanol–water partition coefficient (Wildman–Crippen LogP) is 3.57. The summed E-state index contributed by atoms with van der Waals surface area (Å²) >= 11 is 0. The van der Waals surface area contributed by atoms with E-state index < -0.39 is 0 Å². The molecule has 1 aromatic rings. The first-order valence-electron chi connectivity index (χ1n) is 8.61. The summed E-state index contributed by atoms with van der Waals surface area (Å²) in [5, 5.41) is 8.36. The molecule has 2 atom stereocenters. The first-order chi connectivity index (χ1) is 9.86. The number of hydrogen-bond acceptors (Lipinski definition) is 2. The second-order valence-electron chi connectivity index (χ2n) is 6.69. The van der Waals surface area contributed by atoms with Gasteiger partial charge in [-0.05, 0) is 63.1 Å². The number of rotatable bonds is 6. The lowest BCUT2D eigenvalue weighted by atomic mass is 9.71. The maximum Gasteiger partial charge on any atom is 0.0627 e. The molecule has 0 spiro atoms. The highest BCUT2D eigenvalue weighted by Gasteiger charge is 2.30. The fourth-order valence-electron chi connectivity index (χ4n) is 3.81. The van der Waals surface area contributed by atoms with Crippen molar-refractivity contribution in [3.8, 4) is 0 Å². The van der Waals surface area contributed by atoms with Gasteiger partial charge < -0.3 is 5.32 Å². The molecule has 3 heteroatoms. The van der Waals surface area contributed by atoms with Crippen molar-refractivity contribution in [3.05, 3.63) is 18.0 Å². The van der Waals surface area contributed by atoms with E-state index in [1.165, 1.54) is 63.6 Å². The van der Waals surface area contributed by atoms with E-state index in [2.05, 4.69) is 29.2 Å². The van der Waals surface area contributed by atoms with Crippen molar-refractivity contribution in [1.29, 1.82) is 0 Å². The molecular weight excluding hydrogens is 246 g/mol. The van der Waals surface area contributed by atoms with E-state index in [0.29, 0.717) is 6.04 Å². The Morgan fingerprint density at radius 1 is 1.15 bits per heavy atom. The van der Waals surface area contributed by atoms with Gasteiger partial charge >= 0.3 is 0 Å². The highest BCUT2D eigenvalue weighted by molar-refractivity contribution is 5.03. The van der Waals surface area contributed by atoms with Crippen molar-refractivity contribution in [3.63, 3.8) is 0 Å². The van der Waals surface area contributed by atoms with Gasteiger partial charge in [0.25, 0.3) is 0 Å². The second-order valence-corrected chi connectivity index (χ2v) is 6.69. The zero-order valence-electron chi connectivity index (χ0n) is 12.9. The third-order valence-corrected chi connectivity index (χ3v) is 5.32. The van der Waals surface area contributed by atoms with Crippen molar-refractivity contribution in [1.82, 2.24) is 15.1 Å². The molecule has 0 saturated heterocycles. The van der Waals surface area contributed by atoms with Crippen LogP contribution in [0.4, 0.5) is 0 Å². The Hall–Kier alpha value is -0.830. The smallest absolute Gasteiger partial charge is 0.0627 e. The van der Waals surface area contributed by atoms with Crippen LogP contribution in [0.5, 0.6) is 0 Å². The number of nitrogens with zero attached hydrogens (tertiary/aromatic N) is 2. The Kier molecular flexibility index (Phi) is 4.77. The molecule has 2 unspecified atom stereocenters. The maximum absolute atomic E-state index is 4.87. The van der Waals surface area contributed by atoms with E-state index in [1.54, 1.807) is 0 Å². The third-order valence-electron chi connectivity index (χ3n) is 5.32. The molecule has 0 radical (unpaired) electrons. The Bertz CT molecular complexity index is 406. The van der Waals surface area contributed by atoms with Gasteiger partial charge in [0.15, 0.2) is 0 Å². The molecule has 3 rings (SSSR count). The first-order valence-corrected chi connectivity index (χ1v) is 8.61. The molecule has 20 heavy (non-hydrogen) atoms. The van der Waals surface area contributed by atoms with Crippen LogP contribution in [0.15, 0.2) is 12.3 Å². The summed E-state index contributed by atoms with van der Waals surface area (Å²) in [6, 6.07) is 2.94. The van der Waals surface area contributed by atoms with Crippen LogP contribution in [0.3, 0.4) is 0 Å². The fourth-order valence-corrected chi connectivity index (χ4v) is 3.81. The quantitative estimate of drug-likeness (QED) is 0.860. The second kappa shape index (κ2) is 6.75. The molecule has 2 aliphatic rings. The molecule has 1 heterocycles. The van der Waals surface area contributed by atoms with Crippen molar-refractivity contribution < 1.29 is 0 Å². The van der Waals surface area contributed by atoms with Gasteiger partial charge in [0.05, 0.1) is 11.7 Å². The molecule has 0 aromatic carbocycles. The molecule has 1 N–H and O–H groups in total. The van der Waals surface area contributed by atoms with Crippen molar-refractivity contribution >= 4 is 0 Å². The van der Waals surface area contributed by atoms with Gasteiger partial charge in [-0.1, -0.05) is 26.2 Å². The molecule has 0 bridgehead atoms. The van der Waals surface area contributed by atoms with Gasteiger partial charge in [-0.2, -0.15) is 5.10 Å². The summed E-state index contributed by atoms with van der Waals surface area (Å²) in [4.78, 5) is 0. The predicted molar refractivity (Wildman–Crippen MR) is 82.8 cm³/mol. The monoisotopic (exact) mass is 275 g/mol. The van der Waals surface area contributed by atoms with E-state index in [1.807, 2.05) is 0 Å². The molecule has 0 aliphatic heterocycles. The maximum atomic E-state index is 4.87. The SMILES string of the molecule is CCNCC1CCC1Cc1ccn(C2CCCCC2)n1. The van der Waals surface area contributed by atoms with Crippen LogP contribution in [-0.4, -0.2) is 22.9 Å². The van der Waals surface area contributed by atoms with Gasteiger partial charge in [0.2, 0.25) is 0 Å². The van der Waals surface area contributed by atoms with Gasteiger partial charge in [-0.15, -0.1) is 0 Å². The molecular formula is C17H29N3. The van der Waals surface area contributed by atoms with Crippen LogP contribution >= 0.6 is 0 Å². The van der Waals surface area contributed by atoms with E-state index >= 15 is 0 Å². The highest BCUT2D eigenvalue weighted by atomic mass is 15.3. The minimum atomic E-state index is 0.677. The largest absolute Gasteiger partial charge is 0.317 e. The van der Waals surface area contributed by atoms with E-state index in [-0.39, 0.29) is 0 Å². The first kappa shape index (κ1) is 14.1. The zero-order valence-corrected chi connectivity index (χ0v) is 12.9. The summed E-state index contributed by atoms with van der Waals surface area (Å²) in [6.45, 7) is 4.49. The van der Waals surface area contributed by atoms with Crippen LogP contribution in [-0.2, 0) is 6.42 Å². The minimum absolute atomic E-state index is 0.677. The van der Waals surface area contributed by atoms with Crippen molar-refractivity contribution in [2.24, 2.45) is 11.8 Å². The fraction of sp³-hybridized carbons (Fsp3) is 0.824. The van der Waals surface area contributed by atoms with Gasteiger partial charge in [0.1, 0.15) is 0 Å². The number of aromatic nitrogens is 2.